The quantitative estimate of drug-likeness (QED) is 0.160. The van der Waals surface area contributed by atoms with E-state index in [2.05, 4.69) is 186 Å². The van der Waals surface area contributed by atoms with E-state index in [4.69, 9.17) is 0 Å². The van der Waals surface area contributed by atoms with Crippen LogP contribution in [0.15, 0.2) is 175 Å². The number of allylic oxidation sites excluding steroid dienone is 4. The van der Waals surface area contributed by atoms with Crippen molar-refractivity contribution in [2.24, 2.45) is 5.92 Å². The van der Waals surface area contributed by atoms with Crippen LogP contribution in [-0.2, 0) is 0 Å². The van der Waals surface area contributed by atoms with E-state index < -0.39 is 0 Å². The van der Waals surface area contributed by atoms with Gasteiger partial charge in [-0.2, -0.15) is 0 Å². The molecule has 2 aliphatic carbocycles. The Balaban J connectivity index is 1.28. The minimum Gasteiger partial charge on any atom is -0.308 e. The first-order valence-corrected chi connectivity index (χ1v) is 19.9. The summed E-state index contributed by atoms with van der Waals surface area (Å²) in [7, 11) is 0. The van der Waals surface area contributed by atoms with Gasteiger partial charge in [-0.1, -0.05) is 140 Å². The molecule has 2 aliphatic rings. The van der Waals surface area contributed by atoms with Crippen LogP contribution in [0.2, 0.25) is 0 Å². The van der Waals surface area contributed by atoms with Crippen LogP contribution in [0.25, 0.3) is 65.9 Å². The summed E-state index contributed by atoms with van der Waals surface area (Å²) in [6.45, 7) is 2.32. The predicted octanol–water partition coefficient (Wildman–Crippen LogP) is 14.9. The van der Waals surface area contributed by atoms with Gasteiger partial charge in [-0.15, -0.1) is 0 Å². The molecule has 1 fully saturated rings. The molecule has 0 unspecified atom stereocenters. The van der Waals surface area contributed by atoms with E-state index in [0.29, 0.717) is 5.92 Å². The largest absolute Gasteiger partial charge is 0.308 e. The Kier molecular flexibility index (Phi) is 7.52. The Morgan fingerprint density at radius 3 is 1.85 bits per heavy atom. The van der Waals surface area contributed by atoms with Crippen LogP contribution in [-0.4, -0.2) is 4.40 Å². The molecule has 0 saturated heterocycles. The molecule has 0 bridgehead atoms. The lowest BCUT2D eigenvalue weighted by atomic mass is 9.74. The van der Waals surface area contributed by atoms with Gasteiger partial charge >= 0.3 is 0 Å². The molecule has 2 nitrogen and oxygen atoms in total. The summed E-state index contributed by atoms with van der Waals surface area (Å²) < 4.78 is 2.55. The summed E-state index contributed by atoms with van der Waals surface area (Å²) in [6, 6.07) is 58.6. The van der Waals surface area contributed by atoms with E-state index in [-0.39, 0.29) is 0 Å². The first-order valence-electron chi connectivity index (χ1n) is 19.9. The summed E-state index contributed by atoms with van der Waals surface area (Å²) in [5.41, 5.74) is 18.0. The third-order valence-corrected chi connectivity index (χ3v) is 12.4. The number of rotatable bonds is 7. The molecule has 0 N–H and O–H groups in total. The number of para-hydroxylation sites is 3. The van der Waals surface area contributed by atoms with E-state index in [1.54, 1.807) is 5.57 Å². The molecular weight excluding hydrogens is 665 g/mol. The maximum absolute atomic E-state index is 2.61. The Morgan fingerprint density at radius 1 is 0.545 bits per heavy atom. The minimum atomic E-state index is 0.647. The van der Waals surface area contributed by atoms with Gasteiger partial charge in [0.05, 0.1) is 27.9 Å². The van der Waals surface area contributed by atoms with Gasteiger partial charge in [0.15, 0.2) is 0 Å². The molecule has 0 radical (unpaired) electrons. The maximum Gasteiger partial charge on any atom is 0.0782 e. The van der Waals surface area contributed by atoms with Crippen molar-refractivity contribution >= 4 is 60.7 Å². The number of hydrogen-bond donors (Lipinski definition) is 0. The Hall–Kier alpha value is -6.38. The lowest BCUT2D eigenvalue weighted by Gasteiger charge is -2.34. The maximum atomic E-state index is 2.61. The van der Waals surface area contributed by atoms with Crippen molar-refractivity contribution in [3.8, 4) is 22.3 Å². The van der Waals surface area contributed by atoms with Gasteiger partial charge in [0.2, 0.25) is 0 Å². The van der Waals surface area contributed by atoms with Crippen LogP contribution in [0.1, 0.15) is 43.2 Å². The summed E-state index contributed by atoms with van der Waals surface area (Å²) in [6.07, 6.45) is 10.9. The third kappa shape index (κ3) is 5.08. The Bertz CT molecular complexity index is 2900. The van der Waals surface area contributed by atoms with E-state index >= 15 is 0 Å². The van der Waals surface area contributed by atoms with Crippen molar-refractivity contribution in [1.82, 2.24) is 4.40 Å². The van der Waals surface area contributed by atoms with Crippen molar-refractivity contribution in [3.05, 3.63) is 187 Å². The SMILES string of the molecule is Cc1cccc(N(c2cc(-c3ccccc3)cc(-c3ccccc3)c2)c2cccc3c4cccc5c6ccccc6n(c23)c54)c1C1=C(C2CCC2)C=CCC1. The van der Waals surface area contributed by atoms with Gasteiger partial charge in [-0.05, 0) is 114 Å². The van der Waals surface area contributed by atoms with Gasteiger partial charge < -0.3 is 9.30 Å². The Morgan fingerprint density at radius 2 is 1.15 bits per heavy atom. The van der Waals surface area contributed by atoms with Gasteiger partial charge in [-0.25, -0.2) is 0 Å². The van der Waals surface area contributed by atoms with Crippen LogP contribution < -0.4 is 4.90 Å². The highest BCUT2D eigenvalue weighted by Gasteiger charge is 2.30. The highest BCUT2D eigenvalue weighted by atomic mass is 15.2. The normalized spacial score (nSPS) is 14.8. The summed E-state index contributed by atoms with van der Waals surface area (Å²) in [4.78, 5) is 2.61. The van der Waals surface area contributed by atoms with Gasteiger partial charge in [-0.3, -0.25) is 0 Å². The zero-order valence-electron chi connectivity index (χ0n) is 31.2. The lowest BCUT2D eigenvalue weighted by Crippen LogP contribution is -2.18. The van der Waals surface area contributed by atoms with Crippen LogP contribution in [0.5, 0.6) is 0 Å². The average Bonchev–Trinajstić information content (AvgIpc) is 3.74. The molecule has 2 heteroatoms. The second kappa shape index (κ2) is 12.9. The van der Waals surface area contributed by atoms with Gasteiger partial charge in [0, 0.05) is 32.8 Å². The molecule has 264 valence electrons. The third-order valence-electron chi connectivity index (χ3n) is 12.4. The van der Waals surface area contributed by atoms with Crippen molar-refractivity contribution < 1.29 is 0 Å². The molecule has 9 aromatic rings. The fourth-order valence-corrected chi connectivity index (χ4v) is 9.66. The average molecular weight is 707 g/mol. The first-order chi connectivity index (χ1) is 27.2. The van der Waals surface area contributed by atoms with Gasteiger partial charge in [0.25, 0.3) is 0 Å². The molecule has 11 rings (SSSR count). The van der Waals surface area contributed by atoms with E-state index in [1.165, 1.54) is 108 Å². The molecule has 2 aromatic heterocycles. The number of aryl methyl sites for hydroxylation is 1. The smallest absolute Gasteiger partial charge is 0.0782 e. The van der Waals surface area contributed by atoms with Crippen LogP contribution >= 0.6 is 0 Å². The highest BCUT2D eigenvalue weighted by Crippen LogP contribution is 2.51. The van der Waals surface area contributed by atoms with Gasteiger partial charge in [0.1, 0.15) is 0 Å². The van der Waals surface area contributed by atoms with Crippen molar-refractivity contribution in [3.63, 3.8) is 0 Å². The number of aromatic nitrogens is 1. The fraction of sp³-hybridized carbons (Fsp3) is 0.132. The molecule has 0 atom stereocenters. The lowest BCUT2D eigenvalue weighted by molar-refractivity contribution is 0.374. The molecule has 1 saturated carbocycles. The van der Waals surface area contributed by atoms with Crippen LogP contribution in [0.3, 0.4) is 0 Å². The van der Waals surface area contributed by atoms with E-state index in [0.717, 1.165) is 18.5 Å². The summed E-state index contributed by atoms with van der Waals surface area (Å²) >= 11 is 0. The van der Waals surface area contributed by atoms with Crippen LogP contribution in [0.4, 0.5) is 17.1 Å². The molecule has 0 amide bonds. The number of hydrogen-bond acceptors (Lipinski definition) is 1. The number of benzene rings is 7. The molecule has 2 heterocycles. The first kappa shape index (κ1) is 32.1. The second-order valence-corrected chi connectivity index (χ2v) is 15.5. The number of nitrogens with zero attached hydrogens (tertiary/aromatic N) is 2. The monoisotopic (exact) mass is 706 g/mol. The zero-order valence-corrected chi connectivity index (χ0v) is 31.2. The van der Waals surface area contributed by atoms with Crippen molar-refractivity contribution in [2.45, 2.75) is 39.0 Å². The predicted molar refractivity (Wildman–Crippen MR) is 234 cm³/mol. The van der Waals surface area contributed by atoms with Crippen LogP contribution in [0, 0.1) is 12.8 Å². The van der Waals surface area contributed by atoms with E-state index in [9.17, 15) is 0 Å². The summed E-state index contributed by atoms with van der Waals surface area (Å²) in [5, 5.41) is 5.18. The number of anilines is 3. The highest BCUT2D eigenvalue weighted by molar-refractivity contribution is 6.25. The minimum absolute atomic E-state index is 0.647. The van der Waals surface area contributed by atoms with Crippen molar-refractivity contribution in [2.75, 3.05) is 4.90 Å². The topological polar surface area (TPSA) is 7.65 Å². The van der Waals surface area contributed by atoms with E-state index in [1.807, 2.05) is 0 Å². The molecule has 0 spiro atoms. The zero-order chi connectivity index (χ0) is 36.5. The van der Waals surface area contributed by atoms with Crippen molar-refractivity contribution in [1.29, 1.82) is 0 Å². The fourth-order valence-electron chi connectivity index (χ4n) is 9.66. The molecule has 55 heavy (non-hydrogen) atoms. The molecular formula is C53H42N2. The molecule has 0 aliphatic heterocycles. The molecule has 7 aromatic carbocycles. The summed E-state index contributed by atoms with van der Waals surface area (Å²) in [5.74, 6) is 0.647. The Labute approximate surface area is 322 Å². The number of fused-ring (bicyclic) bond motifs is 6. The standard InChI is InChI=1S/C53H42N2/c1-35-16-12-30-49(51(35)44-25-9-8-23-42(44)38-21-13-22-38)54(41-33-39(36-17-4-2-5-18-36)32-40(34-41)37-19-6-3-7-20-37)50-31-15-28-47-46-27-14-26-45-43-24-10-11-29-48(43)55(52(45)46)53(47)50/h2-8,10-12,14-20,23-24,26-34,38H,9,13,21-22,25H2,1H3. The second-order valence-electron chi connectivity index (χ2n) is 15.5.